The van der Waals surface area contributed by atoms with E-state index in [-0.39, 0.29) is 6.04 Å². The Hall–Kier alpha value is -1.07. The van der Waals surface area contributed by atoms with E-state index >= 15 is 0 Å². The lowest BCUT2D eigenvalue weighted by Gasteiger charge is -2.39. The van der Waals surface area contributed by atoms with Crippen LogP contribution in [-0.4, -0.2) is 28.6 Å². The van der Waals surface area contributed by atoms with Crippen LogP contribution in [0.5, 0.6) is 0 Å². The Balaban J connectivity index is 2.03. The smallest absolute Gasteiger partial charge is 0.320 e. The van der Waals surface area contributed by atoms with Crippen molar-refractivity contribution in [2.75, 3.05) is 6.54 Å². The highest BCUT2D eigenvalue weighted by molar-refractivity contribution is 7.16. The Morgan fingerprint density at radius 3 is 2.52 bits per heavy atom. The number of aliphatic carboxylic acids is 1. The fraction of sp³-hybridized carbons (Fsp3) is 0.353. The van der Waals surface area contributed by atoms with Crippen LogP contribution in [0.25, 0.3) is 0 Å². The molecule has 2 unspecified atom stereocenters. The van der Waals surface area contributed by atoms with Crippen LogP contribution in [0.4, 0.5) is 0 Å². The molecule has 0 aliphatic carbocycles. The van der Waals surface area contributed by atoms with Crippen LogP contribution >= 0.6 is 34.5 Å². The fourth-order valence-corrected chi connectivity index (χ4v) is 4.50. The molecule has 1 fully saturated rings. The zero-order valence-corrected chi connectivity index (χ0v) is 14.7. The third-order valence-corrected chi connectivity index (χ3v) is 5.75. The second kappa shape index (κ2) is 7.22. The third kappa shape index (κ3) is 3.72. The number of nitrogens with zero attached hydrogens (tertiary/aromatic N) is 1. The Labute approximate surface area is 149 Å². The molecule has 0 radical (unpaired) electrons. The predicted molar refractivity (Wildman–Crippen MR) is 94.6 cm³/mol. The molecule has 122 valence electrons. The molecule has 0 amide bonds. The van der Waals surface area contributed by atoms with E-state index in [0.29, 0.717) is 15.8 Å². The molecule has 1 aromatic heterocycles. The minimum Gasteiger partial charge on any atom is -0.480 e. The molecule has 3 rings (SSSR count). The summed E-state index contributed by atoms with van der Waals surface area (Å²) >= 11 is 13.6. The van der Waals surface area contributed by atoms with Crippen LogP contribution in [0.3, 0.4) is 0 Å². The Morgan fingerprint density at radius 2 is 1.91 bits per heavy atom. The van der Waals surface area contributed by atoms with Crippen molar-refractivity contribution in [3.8, 4) is 0 Å². The summed E-state index contributed by atoms with van der Waals surface area (Å²) in [5.41, 5.74) is 1.04. The molecule has 0 spiro atoms. The van der Waals surface area contributed by atoms with Crippen molar-refractivity contribution in [1.29, 1.82) is 0 Å². The van der Waals surface area contributed by atoms with Gasteiger partial charge < -0.3 is 5.11 Å². The molecule has 1 aliphatic heterocycles. The number of halogens is 2. The average molecular weight is 370 g/mol. The van der Waals surface area contributed by atoms with Crippen molar-refractivity contribution in [3.05, 3.63) is 56.2 Å². The normalized spacial score (nSPS) is 20.3. The zero-order valence-electron chi connectivity index (χ0n) is 12.4. The molecule has 1 aliphatic rings. The first-order chi connectivity index (χ1) is 11.1. The maximum absolute atomic E-state index is 11.7. The number of rotatable bonds is 4. The molecule has 1 aromatic carbocycles. The van der Waals surface area contributed by atoms with Gasteiger partial charge in [0.25, 0.3) is 0 Å². The molecule has 2 heterocycles. The third-order valence-electron chi connectivity index (χ3n) is 4.21. The summed E-state index contributed by atoms with van der Waals surface area (Å²) in [5, 5.41) is 10.3. The van der Waals surface area contributed by atoms with Gasteiger partial charge in [-0.2, -0.15) is 0 Å². The minimum atomic E-state index is -0.758. The summed E-state index contributed by atoms with van der Waals surface area (Å²) in [7, 11) is 0. The van der Waals surface area contributed by atoms with E-state index in [1.807, 2.05) is 36.4 Å². The standard InChI is InChI=1S/C17H17Cl2NO2S/c18-12-6-4-11(5-7-12)16(14-8-9-15(19)23-14)20-10-2-1-3-13(20)17(21)22/h4-9,13,16H,1-3,10H2,(H,21,22). The number of likely N-dealkylation sites (tertiary alicyclic amines) is 1. The largest absolute Gasteiger partial charge is 0.480 e. The predicted octanol–water partition coefficient (Wildman–Crippen LogP) is 5.08. The molecule has 1 saturated heterocycles. The van der Waals surface area contributed by atoms with Crippen LogP contribution in [0.1, 0.15) is 35.7 Å². The van der Waals surface area contributed by atoms with Crippen LogP contribution in [0.15, 0.2) is 36.4 Å². The highest BCUT2D eigenvalue weighted by Gasteiger charge is 2.35. The quantitative estimate of drug-likeness (QED) is 0.816. The number of hydrogen-bond donors (Lipinski definition) is 1. The van der Waals surface area contributed by atoms with Gasteiger partial charge in [-0.1, -0.05) is 41.8 Å². The SMILES string of the molecule is O=C(O)C1CCCCN1C(c1ccc(Cl)cc1)c1ccc(Cl)s1. The van der Waals surface area contributed by atoms with Crippen LogP contribution < -0.4 is 0 Å². The lowest BCUT2D eigenvalue weighted by atomic mass is 9.95. The highest BCUT2D eigenvalue weighted by Crippen LogP contribution is 2.38. The first kappa shape index (κ1) is 16.8. The summed E-state index contributed by atoms with van der Waals surface area (Å²) in [6.45, 7) is 0.764. The van der Waals surface area contributed by atoms with E-state index in [2.05, 4.69) is 4.90 Å². The first-order valence-electron chi connectivity index (χ1n) is 7.55. The number of carboxylic acid groups (broad SMARTS) is 1. The van der Waals surface area contributed by atoms with Crippen molar-refractivity contribution >= 4 is 40.5 Å². The lowest BCUT2D eigenvalue weighted by Crippen LogP contribution is -2.46. The van der Waals surface area contributed by atoms with E-state index in [1.165, 1.54) is 11.3 Å². The molecule has 0 bridgehead atoms. The number of thiophene rings is 1. The van der Waals surface area contributed by atoms with Crippen molar-refractivity contribution in [1.82, 2.24) is 4.90 Å². The number of benzene rings is 1. The molecule has 1 N–H and O–H groups in total. The van der Waals surface area contributed by atoms with Gasteiger partial charge in [0, 0.05) is 9.90 Å². The monoisotopic (exact) mass is 369 g/mol. The molecule has 3 nitrogen and oxygen atoms in total. The van der Waals surface area contributed by atoms with Gasteiger partial charge >= 0.3 is 5.97 Å². The number of piperidine rings is 1. The summed E-state index contributed by atoms with van der Waals surface area (Å²) < 4.78 is 0.711. The van der Waals surface area contributed by atoms with Crippen molar-refractivity contribution in [2.24, 2.45) is 0 Å². The Bertz CT molecular complexity index is 686. The van der Waals surface area contributed by atoms with Gasteiger partial charge in [-0.15, -0.1) is 11.3 Å². The van der Waals surface area contributed by atoms with E-state index in [4.69, 9.17) is 23.2 Å². The van der Waals surface area contributed by atoms with Gasteiger partial charge in [0.05, 0.1) is 10.4 Å². The second-order valence-electron chi connectivity index (χ2n) is 5.68. The molecule has 0 saturated carbocycles. The van der Waals surface area contributed by atoms with Gasteiger partial charge in [-0.3, -0.25) is 9.69 Å². The van der Waals surface area contributed by atoms with Crippen molar-refractivity contribution < 1.29 is 9.90 Å². The molecule has 2 atom stereocenters. The van der Waals surface area contributed by atoms with Crippen LogP contribution in [0.2, 0.25) is 9.36 Å². The van der Waals surface area contributed by atoms with Crippen LogP contribution in [-0.2, 0) is 4.79 Å². The topological polar surface area (TPSA) is 40.5 Å². The maximum atomic E-state index is 11.7. The molecule has 6 heteroatoms. The second-order valence-corrected chi connectivity index (χ2v) is 7.87. The summed E-state index contributed by atoms with van der Waals surface area (Å²) in [6, 6.07) is 10.9. The Kier molecular flexibility index (Phi) is 5.27. The van der Waals surface area contributed by atoms with E-state index in [1.54, 1.807) is 0 Å². The van der Waals surface area contributed by atoms with Gasteiger partial charge in [0.2, 0.25) is 0 Å². The maximum Gasteiger partial charge on any atom is 0.320 e. The summed E-state index contributed by atoms with van der Waals surface area (Å²) in [5.74, 6) is -0.758. The number of carbonyl (C=O) groups is 1. The van der Waals surface area contributed by atoms with Crippen molar-refractivity contribution in [3.63, 3.8) is 0 Å². The van der Waals surface area contributed by atoms with Gasteiger partial charge in [0.15, 0.2) is 0 Å². The summed E-state index contributed by atoms with van der Waals surface area (Å²) in [6.07, 6.45) is 2.64. The van der Waals surface area contributed by atoms with E-state index in [9.17, 15) is 9.90 Å². The molecule has 23 heavy (non-hydrogen) atoms. The lowest BCUT2D eigenvalue weighted by molar-refractivity contribution is -0.145. The van der Waals surface area contributed by atoms with Gasteiger partial charge in [0.1, 0.15) is 6.04 Å². The number of hydrogen-bond acceptors (Lipinski definition) is 3. The molecular formula is C17H17Cl2NO2S. The van der Waals surface area contributed by atoms with E-state index in [0.717, 1.165) is 29.8 Å². The molecular weight excluding hydrogens is 353 g/mol. The molecule has 2 aromatic rings. The number of carboxylic acids is 1. The zero-order chi connectivity index (χ0) is 16.4. The summed E-state index contributed by atoms with van der Waals surface area (Å²) in [4.78, 5) is 14.8. The van der Waals surface area contributed by atoms with E-state index < -0.39 is 12.0 Å². The van der Waals surface area contributed by atoms with Gasteiger partial charge in [-0.25, -0.2) is 0 Å². The minimum absolute atomic E-state index is 0.105. The Morgan fingerprint density at radius 1 is 1.17 bits per heavy atom. The first-order valence-corrected chi connectivity index (χ1v) is 9.13. The van der Waals surface area contributed by atoms with Crippen LogP contribution in [0, 0.1) is 0 Å². The fourth-order valence-electron chi connectivity index (χ4n) is 3.17. The average Bonchev–Trinajstić information content (AvgIpc) is 2.96. The van der Waals surface area contributed by atoms with Crippen molar-refractivity contribution in [2.45, 2.75) is 31.3 Å². The highest BCUT2D eigenvalue weighted by atomic mass is 35.5. The van der Waals surface area contributed by atoms with Gasteiger partial charge in [-0.05, 0) is 49.2 Å².